The molecule has 36 heavy (non-hydrogen) atoms. The van der Waals surface area contributed by atoms with E-state index in [4.69, 9.17) is 20.9 Å². The largest absolute Gasteiger partial charge is 0.495 e. The fraction of sp³-hybridized carbons (Fsp3) is 0.400. The number of halogens is 1. The van der Waals surface area contributed by atoms with Crippen LogP contribution < -0.4 is 10.1 Å². The van der Waals surface area contributed by atoms with Crippen LogP contribution in [0.2, 0.25) is 5.02 Å². The van der Waals surface area contributed by atoms with Gasteiger partial charge in [-0.25, -0.2) is 8.42 Å². The highest BCUT2D eigenvalue weighted by atomic mass is 35.5. The Balaban J connectivity index is 1.40. The van der Waals surface area contributed by atoms with E-state index in [1.165, 1.54) is 23.5 Å². The fourth-order valence-electron chi connectivity index (χ4n) is 4.07. The van der Waals surface area contributed by atoms with E-state index < -0.39 is 15.9 Å². The smallest absolute Gasteiger partial charge is 0.246 e. The standard InChI is InChI=1S/C25H29ClN4O5S/c1-16(2)25-28-23(29-35-25)13-17-6-9-20(10-7-17)27-24(31)18-5-4-12-30(15-18)36(32,33)22-14-19(26)8-11-21(22)34-3/h6-11,14,16,18H,4-5,12-13,15H2,1-3H3,(H,27,31)/t18-/m0/s1. The maximum Gasteiger partial charge on any atom is 0.246 e. The van der Waals surface area contributed by atoms with Crippen LogP contribution in [0, 0.1) is 5.92 Å². The Hall–Kier alpha value is -2.95. The molecule has 1 atom stereocenters. The number of carbonyl (C=O) groups is 1. The van der Waals surface area contributed by atoms with Crippen LogP contribution in [0.15, 0.2) is 51.9 Å². The number of nitrogens with one attached hydrogen (secondary N) is 1. The van der Waals surface area contributed by atoms with Crippen LogP contribution in [0.3, 0.4) is 0 Å². The maximum absolute atomic E-state index is 13.3. The molecule has 0 aliphatic carbocycles. The summed E-state index contributed by atoms with van der Waals surface area (Å²) in [4.78, 5) is 17.4. The zero-order valence-corrected chi connectivity index (χ0v) is 22.0. The van der Waals surface area contributed by atoms with Gasteiger partial charge in [0.15, 0.2) is 5.82 Å². The molecule has 2 aromatic carbocycles. The van der Waals surface area contributed by atoms with Gasteiger partial charge in [0.05, 0.1) is 13.0 Å². The molecule has 1 fully saturated rings. The summed E-state index contributed by atoms with van der Waals surface area (Å²) < 4.78 is 38.4. The summed E-state index contributed by atoms with van der Waals surface area (Å²) in [6.45, 7) is 4.39. The average molecular weight is 533 g/mol. The Morgan fingerprint density at radius 3 is 2.67 bits per heavy atom. The van der Waals surface area contributed by atoms with Crippen molar-refractivity contribution >= 4 is 33.2 Å². The monoisotopic (exact) mass is 532 g/mol. The number of methoxy groups -OCH3 is 1. The summed E-state index contributed by atoms with van der Waals surface area (Å²) in [5.74, 6) is 0.892. The van der Waals surface area contributed by atoms with Crippen LogP contribution in [0.5, 0.6) is 5.75 Å². The first-order valence-corrected chi connectivity index (χ1v) is 13.5. The summed E-state index contributed by atoms with van der Waals surface area (Å²) in [7, 11) is -2.47. The van der Waals surface area contributed by atoms with Crippen LogP contribution in [0.1, 0.15) is 49.9 Å². The number of hydrogen-bond donors (Lipinski definition) is 1. The van der Waals surface area contributed by atoms with Crippen molar-refractivity contribution < 1.29 is 22.5 Å². The summed E-state index contributed by atoms with van der Waals surface area (Å²) in [6.07, 6.45) is 1.69. The van der Waals surface area contributed by atoms with Crippen molar-refractivity contribution in [3.8, 4) is 5.75 Å². The van der Waals surface area contributed by atoms with Gasteiger partial charge in [0.25, 0.3) is 0 Å². The van der Waals surface area contributed by atoms with Gasteiger partial charge in [-0.1, -0.05) is 42.7 Å². The first-order chi connectivity index (χ1) is 17.2. The molecule has 4 rings (SSSR count). The van der Waals surface area contributed by atoms with Crippen molar-refractivity contribution in [1.82, 2.24) is 14.4 Å². The molecular formula is C25H29ClN4O5S. The number of sulfonamides is 1. The molecule has 0 saturated carbocycles. The van der Waals surface area contributed by atoms with E-state index >= 15 is 0 Å². The number of rotatable bonds is 8. The number of anilines is 1. The van der Waals surface area contributed by atoms with E-state index in [1.807, 2.05) is 38.1 Å². The highest BCUT2D eigenvalue weighted by molar-refractivity contribution is 7.89. The first-order valence-electron chi connectivity index (χ1n) is 11.7. The molecule has 1 aliphatic rings. The lowest BCUT2D eigenvalue weighted by Crippen LogP contribution is -2.43. The van der Waals surface area contributed by atoms with Crippen LogP contribution in [0.4, 0.5) is 5.69 Å². The second-order valence-electron chi connectivity index (χ2n) is 9.06. The molecule has 0 bridgehead atoms. The number of piperidine rings is 1. The van der Waals surface area contributed by atoms with Crippen LogP contribution in [0.25, 0.3) is 0 Å². The van der Waals surface area contributed by atoms with E-state index in [-0.39, 0.29) is 29.0 Å². The second-order valence-corrected chi connectivity index (χ2v) is 11.4. The first kappa shape index (κ1) is 26.1. The minimum Gasteiger partial charge on any atom is -0.495 e. The van der Waals surface area contributed by atoms with Gasteiger partial charge in [0.1, 0.15) is 10.6 Å². The lowest BCUT2D eigenvalue weighted by Gasteiger charge is -2.31. The third kappa shape index (κ3) is 5.88. The molecule has 0 spiro atoms. The molecule has 1 amide bonds. The number of hydrogen-bond acceptors (Lipinski definition) is 7. The van der Waals surface area contributed by atoms with E-state index in [2.05, 4.69) is 15.5 Å². The highest BCUT2D eigenvalue weighted by Gasteiger charge is 2.35. The molecule has 1 aromatic heterocycles. The Kier molecular flexibility index (Phi) is 7.97. The normalized spacial score (nSPS) is 16.8. The molecule has 1 aliphatic heterocycles. The van der Waals surface area contributed by atoms with Crippen molar-refractivity contribution in [3.63, 3.8) is 0 Å². The SMILES string of the molecule is COc1ccc(Cl)cc1S(=O)(=O)N1CCC[C@H](C(=O)Nc2ccc(Cc3noc(C(C)C)n3)cc2)C1. The van der Waals surface area contributed by atoms with Crippen LogP contribution in [-0.2, 0) is 21.2 Å². The maximum atomic E-state index is 13.3. The predicted molar refractivity (Wildman–Crippen MR) is 136 cm³/mol. The van der Waals surface area contributed by atoms with Crippen LogP contribution in [-0.4, -0.2) is 49.0 Å². The van der Waals surface area contributed by atoms with Gasteiger partial charge in [-0.3, -0.25) is 4.79 Å². The quantitative estimate of drug-likeness (QED) is 0.454. The number of amides is 1. The summed E-state index contributed by atoms with van der Waals surface area (Å²) in [6, 6.07) is 11.9. The predicted octanol–water partition coefficient (Wildman–Crippen LogP) is 4.49. The Morgan fingerprint density at radius 2 is 2.00 bits per heavy atom. The van der Waals surface area contributed by atoms with E-state index in [0.717, 1.165) is 5.56 Å². The van der Waals surface area contributed by atoms with E-state index in [1.54, 1.807) is 6.07 Å². The van der Waals surface area contributed by atoms with Gasteiger partial charge < -0.3 is 14.6 Å². The Labute approximate surface area is 215 Å². The van der Waals surface area contributed by atoms with E-state index in [0.29, 0.717) is 48.2 Å². The molecule has 2 heterocycles. The van der Waals surface area contributed by atoms with E-state index in [9.17, 15) is 13.2 Å². The van der Waals surface area contributed by atoms with Gasteiger partial charge in [-0.15, -0.1) is 0 Å². The van der Waals surface area contributed by atoms with Crippen molar-refractivity contribution in [3.05, 3.63) is 64.8 Å². The second kappa shape index (κ2) is 11.0. The molecule has 11 heteroatoms. The van der Waals surface area contributed by atoms with Gasteiger partial charge in [-0.05, 0) is 48.7 Å². The lowest BCUT2D eigenvalue weighted by atomic mass is 9.98. The number of benzene rings is 2. The summed E-state index contributed by atoms with van der Waals surface area (Å²) in [5.41, 5.74) is 1.62. The van der Waals surface area contributed by atoms with Crippen molar-refractivity contribution in [2.75, 3.05) is 25.5 Å². The molecule has 192 valence electrons. The third-order valence-electron chi connectivity index (χ3n) is 6.06. The zero-order chi connectivity index (χ0) is 25.9. The molecule has 1 N–H and O–H groups in total. The van der Waals surface area contributed by atoms with Crippen LogP contribution >= 0.6 is 11.6 Å². The third-order valence-corrected chi connectivity index (χ3v) is 8.18. The number of aromatic nitrogens is 2. The molecule has 0 unspecified atom stereocenters. The molecule has 1 saturated heterocycles. The molecule has 3 aromatic rings. The fourth-order valence-corrected chi connectivity index (χ4v) is 6.01. The average Bonchev–Trinajstić information content (AvgIpc) is 3.34. The van der Waals surface area contributed by atoms with Gasteiger partial charge in [0, 0.05) is 36.1 Å². The van der Waals surface area contributed by atoms with Crippen molar-refractivity contribution in [1.29, 1.82) is 0 Å². The molecule has 9 nitrogen and oxygen atoms in total. The minimum atomic E-state index is -3.88. The summed E-state index contributed by atoms with van der Waals surface area (Å²) in [5, 5.41) is 7.21. The minimum absolute atomic E-state index is 0.00346. The Morgan fingerprint density at radius 1 is 1.25 bits per heavy atom. The van der Waals surface area contributed by atoms with Crippen molar-refractivity contribution in [2.45, 2.75) is 43.9 Å². The highest BCUT2D eigenvalue weighted by Crippen LogP contribution is 2.32. The molecule has 0 radical (unpaired) electrons. The molecular weight excluding hydrogens is 504 g/mol. The lowest BCUT2D eigenvalue weighted by molar-refractivity contribution is -0.120. The summed E-state index contributed by atoms with van der Waals surface area (Å²) >= 11 is 6.04. The number of nitrogens with zero attached hydrogens (tertiary/aromatic N) is 3. The number of carbonyl (C=O) groups excluding carboxylic acids is 1. The van der Waals surface area contributed by atoms with Crippen molar-refractivity contribution in [2.24, 2.45) is 5.92 Å². The zero-order valence-electron chi connectivity index (χ0n) is 20.4. The Bertz CT molecular complexity index is 1320. The van der Waals surface area contributed by atoms with Gasteiger partial charge in [0.2, 0.25) is 21.8 Å². The van der Waals surface area contributed by atoms with Gasteiger partial charge >= 0.3 is 0 Å². The topological polar surface area (TPSA) is 115 Å². The number of ether oxygens (including phenoxy) is 1. The van der Waals surface area contributed by atoms with Gasteiger partial charge in [-0.2, -0.15) is 9.29 Å².